The summed E-state index contributed by atoms with van der Waals surface area (Å²) in [4.78, 5) is 12.3. The number of rotatable bonds is 7. The lowest BCUT2D eigenvalue weighted by Gasteiger charge is -2.27. The van der Waals surface area contributed by atoms with Crippen LogP contribution in [0.3, 0.4) is 0 Å². The van der Waals surface area contributed by atoms with E-state index in [-0.39, 0.29) is 5.97 Å². The van der Waals surface area contributed by atoms with Crippen LogP contribution in [-0.2, 0) is 19.7 Å². The molecular weight excluding hydrogens is 256 g/mol. The van der Waals surface area contributed by atoms with E-state index in [9.17, 15) is 4.79 Å². The van der Waals surface area contributed by atoms with Crippen molar-refractivity contribution in [3.63, 3.8) is 0 Å². The Morgan fingerprint density at radius 3 is 2.65 bits per heavy atom. The van der Waals surface area contributed by atoms with Gasteiger partial charge in [-0.25, -0.2) is 0 Å². The van der Waals surface area contributed by atoms with Crippen molar-refractivity contribution in [3.05, 3.63) is 54.8 Å². The molecular formula is C16H20O4. The second kappa shape index (κ2) is 7.38. The molecule has 0 saturated carbocycles. The highest BCUT2D eigenvalue weighted by atomic mass is 16.5. The maximum atomic E-state index is 12.3. The molecule has 0 unspecified atom stereocenters. The minimum Gasteiger partial charge on any atom is -0.505 e. The molecule has 0 heterocycles. The molecule has 0 aliphatic heterocycles. The summed E-state index contributed by atoms with van der Waals surface area (Å²) < 4.78 is 15.1. The van der Waals surface area contributed by atoms with Crippen LogP contribution in [0.15, 0.2) is 49.3 Å². The molecule has 0 aromatic heterocycles. The van der Waals surface area contributed by atoms with Crippen molar-refractivity contribution in [2.75, 3.05) is 21.3 Å². The molecule has 0 aliphatic rings. The van der Waals surface area contributed by atoms with Crippen LogP contribution in [0.5, 0.6) is 5.75 Å². The molecule has 0 radical (unpaired) electrons. The summed E-state index contributed by atoms with van der Waals surface area (Å²) in [5, 5.41) is 0. The summed E-state index contributed by atoms with van der Waals surface area (Å²) in [7, 11) is 4.47. The van der Waals surface area contributed by atoms with Gasteiger partial charge in [-0.15, -0.1) is 6.58 Å². The Bertz CT molecular complexity index is 493. The minimum atomic E-state index is -0.971. The number of benzene rings is 1. The topological polar surface area (TPSA) is 44.8 Å². The number of esters is 1. The standard InChI is InChI=1S/C16H20O4/c1-5-9-16(10-11-18-2,15(17)20-4)13-7-6-8-14(12-13)19-3/h5-8,10-12H,1,9H2,2-4H3/b11-10+/t16-/m1/s1. The number of hydrogen-bond acceptors (Lipinski definition) is 4. The van der Waals surface area contributed by atoms with Gasteiger partial charge < -0.3 is 14.2 Å². The average molecular weight is 276 g/mol. The summed E-state index contributed by atoms with van der Waals surface area (Å²) in [6, 6.07) is 7.30. The zero-order valence-electron chi connectivity index (χ0n) is 12.1. The van der Waals surface area contributed by atoms with E-state index < -0.39 is 5.41 Å². The van der Waals surface area contributed by atoms with E-state index in [1.807, 2.05) is 18.2 Å². The lowest BCUT2D eigenvalue weighted by molar-refractivity contribution is -0.145. The zero-order valence-corrected chi connectivity index (χ0v) is 12.1. The van der Waals surface area contributed by atoms with Crippen molar-refractivity contribution in [3.8, 4) is 5.75 Å². The van der Waals surface area contributed by atoms with E-state index in [0.29, 0.717) is 12.2 Å². The van der Waals surface area contributed by atoms with Crippen molar-refractivity contribution in [2.45, 2.75) is 11.8 Å². The Labute approximate surface area is 119 Å². The van der Waals surface area contributed by atoms with Crippen LogP contribution in [0.4, 0.5) is 0 Å². The summed E-state index contributed by atoms with van der Waals surface area (Å²) in [6.07, 6.45) is 5.22. The number of ether oxygens (including phenoxy) is 3. The normalized spacial score (nSPS) is 13.6. The van der Waals surface area contributed by atoms with E-state index in [1.165, 1.54) is 20.5 Å². The van der Waals surface area contributed by atoms with Crippen LogP contribution in [-0.4, -0.2) is 27.3 Å². The molecule has 108 valence electrons. The molecule has 1 aromatic rings. The smallest absolute Gasteiger partial charge is 0.320 e. The molecule has 0 spiro atoms. The predicted octanol–water partition coefficient (Wildman–Crippen LogP) is 2.84. The fourth-order valence-corrected chi connectivity index (χ4v) is 2.05. The Morgan fingerprint density at radius 2 is 2.10 bits per heavy atom. The van der Waals surface area contributed by atoms with E-state index in [1.54, 1.807) is 25.3 Å². The largest absolute Gasteiger partial charge is 0.505 e. The second-order valence-corrected chi connectivity index (χ2v) is 4.23. The Kier molecular flexibility index (Phi) is 5.84. The number of allylic oxidation sites excluding steroid dienone is 1. The number of carbonyl (C=O) groups is 1. The summed E-state index contributed by atoms with van der Waals surface area (Å²) in [5.74, 6) is 0.296. The maximum absolute atomic E-state index is 12.3. The SMILES string of the molecule is C=CC[C@](/C=C/OC)(C(=O)OC)c1cccc(OC)c1. The fourth-order valence-electron chi connectivity index (χ4n) is 2.05. The third kappa shape index (κ3) is 3.20. The molecule has 4 nitrogen and oxygen atoms in total. The first-order valence-corrected chi connectivity index (χ1v) is 6.19. The van der Waals surface area contributed by atoms with E-state index >= 15 is 0 Å². The molecule has 0 amide bonds. The van der Waals surface area contributed by atoms with Gasteiger partial charge >= 0.3 is 5.97 Å². The monoisotopic (exact) mass is 276 g/mol. The average Bonchev–Trinajstić information content (AvgIpc) is 2.50. The number of hydrogen-bond donors (Lipinski definition) is 0. The molecule has 0 fully saturated rings. The van der Waals surface area contributed by atoms with Gasteiger partial charge in [-0.3, -0.25) is 4.79 Å². The molecule has 0 saturated heterocycles. The lowest BCUT2D eigenvalue weighted by atomic mass is 9.77. The van der Waals surface area contributed by atoms with E-state index in [4.69, 9.17) is 14.2 Å². The molecule has 1 rings (SSSR count). The van der Waals surface area contributed by atoms with Crippen LogP contribution >= 0.6 is 0 Å². The zero-order chi connectivity index (χ0) is 15.0. The van der Waals surface area contributed by atoms with Crippen molar-refractivity contribution >= 4 is 5.97 Å². The van der Waals surface area contributed by atoms with Gasteiger partial charge in [0.25, 0.3) is 0 Å². The van der Waals surface area contributed by atoms with Crippen LogP contribution in [0.25, 0.3) is 0 Å². The van der Waals surface area contributed by atoms with Crippen LogP contribution in [0.2, 0.25) is 0 Å². The van der Waals surface area contributed by atoms with E-state index in [2.05, 4.69) is 6.58 Å². The first-order valence-electron chi connectivity index (χ1n) is 6.19. The summed E-state index contributed by atoms with van der Waals surface area (Å²) >= 11 is 0. The summed E-state index contributed by atoms with van der Waals surface area (Å²) in [6.45, 7) is 3.72. The first kappa shape index (κ1) is 15.8. The van der Waals surface area contributed by atoms with E-state index in [0.717, 1.165) is 5.56 Å². The highest BCUT2D eigenvalue weighted by molar-refractivity contribution is 5.86. The van der Waals surface area contributed by atoms with Gasteiger partial charge in [-0.1, -0.05) is 18.2 Å². The predicted molar refractivity (Wildman–Crippen MR) is 77.7 cm³/mol. The quantitative estimate of drug-likeness (QED) is 0.436. The third-order valence-electron chi connectivity index (χ3n) is 3.09. The molecule has 1 atom stereocenters. The highest BCUT2D eigenvalue weighted by Crippen LogP contribution is 2.34. The number of methoxy groups -OCH3 is 3. The molecule has 1 aromatic carbocycles. The Hall–Kier alpha value is -2.23. The van der Waals surface area contributed by atoms with Crippen LogP contribution in [0, 0.1) is 0 Å². The third-order valence-corrected chi connectivity index (χ3v) is 3.09. The maximum Gasteiger partial charge on any atom is 0.320 e. The summed E-state index contributed by atoms with van der Waals surface area (Å²) in [5.41, 5.74) is -0.210. The molecule has 4 heteroatoms. The highest BCUT2D eigenvalue weighted by Gasteiger charge is 2.38. The van der Waals surface area contributed by atoms with Gasteiger partial charge in [0.2, 0.25) is 0 Å². The first-order chi connectivity index (χ1) is 9.64. The van der Waals surface area contributed by atoms with Gasteiger partial charge in [0.1, 0.15) is 11.2 Å². The van der Waals surface area contributed by atoms with Gasteiger partial charge in [0.05, 0.1) is 27.6 Å². The van der Waals surface area contributed by atoms with Crippen molar-refractivity contribution in [1.29, 1.82) is 0 Å². The second-order valence-electron chi connectivity index (χ2n) is 4.23. The van der Waals surface area contributed by atoms with Gasteiger partial charge in [-0.05, 0) is 30.2 Å². The Morgan fingerprint density at radius 1 is 1.35 bits per heavy atom. The van der Waals surface area contributed by atoms with Crippen molar-refractivity contribution in [1.82, 2.24) is 0 Å². The molecule has 0 N–H and O–H groups in total. The lowest BCUT2D eigenvalue weighted by Crippen LogP contribution is -2.34. The minimum absolute atomic E-state index is 0.376. The number of carbonyl (C=O) groups excluding carboxylic acids is 1. The van der Waals surface area contributed by atoms with Gasteiger partial charge in [0, 0.05) is 0 Å². The van der Waals surface area contributed by atoms with Crippen molar-refractivity contribution in [2.24, 2.45) is 0 Å². The van der Waals surface area contributed by atoms with Gasteiger partial charge in [-0.2, -0.15) is 0 Å². The van der Waals surface area contributed by atoms with Gasteiger partial charge in [0.15, 0.2) is 0 Å². The van der Waals surface area contributed by atoms with Crippen LogP contribution in [0.1, 0.15) is 12.0 Å². The molecule has 0 bridgehead atoms. The van der Waals surface area contributed by atoms with Crippen molar-refractivity contribution < 1.29 is 19.0 Å². The molecule has 0 aliphatic carbocycles. The molecule has 20 heavy (non-hydrogen) atoms. The van der Waals surface area contributed by atoms with Crippen LogP contribution < -0.4 is 4.74 Å². The Balaban J connectivity index is 3.42. The fraction of sp³-hybridized carbons (Fsp3) is 0.312.